The Bertz CT molecular complexity index is 538. The van der Waals surface area contributed by atoms with E-state index in [1.807, 2.05) is 0 Å². The molecule has 0 spiro atoms. The predicted octanol–water partition coefficient (Wildman–Crippen LogP) is 3.04. The monoisotopic (exact) mass is 336 g/mol. The predicted molar refractivity (Wildman–Crippen MR) is 89.7 cm³/mol. The number of amides is 1. The Kier molecular flexibility index (Phi) is 5.68. The molecule has 0 N–H and O–H groups in total. The SMILES string of the molecule is COC(=O)N(c1ccc(F)cc1)C1CCN(C2CCOCC2)CC1. The lowest BCUT2D eigenvalue weighted by Gasteiger charge is -2.42. The number of likely N-dealkylation sites (tertiary alicyclic amines) is 1. The molecular formula is C18H25FN2O3. The van der Waals surface area contributed by atoms with E-state index < -0.39 is 0 Å². The lowest BCUT2D eigenvalue weighted by molar-refractivity contribution is 0.0251. The third-order valence-electron chi connectivity index (χ3n) is 5.05. The Morgan fingerprint density at radius 1 is 1.17 bits per heavy atom. The lowest BCUT2D eigenvalue weighted by atomic mass is 9.98. The molecule has 1 aromatic carbocycles. The number of ether oxygens (including phenoxy) is 2. The molecule has 2 aliphatic heterocycles. The minimum Gasteiger partial charge on any atom is -0.452 e. The Morgan fingerprint density at radius 3 is 2.38 bits per heavy atom. The van der Waals surface area contributed by atoms with E-state index in [-0.39, 0.29) is 18.0 Å². The summed E-state index contributed by atoms with van der Waals surface area (Å²) in [4.78, 5) is 16.4. The number of hydrogen-bond acceptors (Lipinski definition) is 4. The van der Waals surface area contributed by atoms with Crippen molar-refractivity contribution < 1.29 is 18.7 Å². The summed E-state index contributed by atoms with van der Waals surface area (Å²) in [5, 5.41) is 0. The van der Waals surface area contributed by atoms with Crippen LogP contribution >= 0.6 is 0 Å². The van der Waals surface area contributed by atoms with E-state index in [0.717, 1.165) is 52.0 Å². The molecule has 0 unspecified atom stereocenters. The van der Waals surface area contributed by atoms with Crippen LogP contribution in [0.1, 0.15) is 25.7 Å². The van der Waals surface area contributed by atoms with Crippen LogP contribution in [0.15, 0.2) is 24.3 Å². The van der Waals surface area contributed by atoms with Gasteiger partial charge >= 0.3 is 6.09 Å². The molecule has 0 aliphatic carbocycles. The first-order valence-electron chi connectivity index (χ1n) is 8.63. The largest absolute Gasteiger partial charge is 0.452 e. The average molecular weight is 336 g/mol. The Balaban J connectivity index is 1.66. The number of nitrogens with zero attached hydrogens (tertiary/aromatic N) is 2. The lowest BCUT2D eigenvalue weighted by Crippen LogP contribution is -2.51. The van der Waals surface area contributed by atoms with Crippen LogP contribution in [0, 0.1) is 5.82 Å². The summed E-state index contributed by atoms with van der Waals surface area (Å²) >= 11 is 0. The Hall–Kier alpha value is -1.66. The summed E-state index contributed by atoms with van der Waals surface area (Å²) in [6, 6.07) is 6.70. The second-order valence-corrected chi connectivity index (χ2v) is 6.43. The molecule has 2 saturated heterocycles. The van der Waals surface area contributed by atoms with E-state index >= 15 is 0 Å². The van der Waals surface area contributed by atoms with E-state index in [9.17, 15) is 9.18 Å². The van der Waals surface area contributed by atoms with Crippen molar-refractivity contribution in [1.29, 1.82) is 0 Å². The second kappa shape index (κ2) is 7.94. The van der Waals surface area contributed by atoms with Gasteiger partial charge in [-0.15, -0.1) is 0 Å². The van der Waals surface area contributed by atoms with Gasteiger partial charge < -0.3 is 14.4 Å². The number of halogens is 1. The first-order valence-corrected chi connectivity index (χ1v) is 8.63. The van der Waals surface area contributed by atoms with Crippen molar-refractivity contribution in [2.75, 3.05) is 38.3 Å². The zero-order chi connectivity index (χ0) is 16.9. The summed E-state index contributed by atoms with van der Waals surface area (Å²) in [6.45, 7) is 3.61. The molecular weight excluding hydrogens is 311 g/mol. The standard InChI is InChI=1S/C18H25FN2O3/c1-23-18(22)21(16-4-2-14(19)3-5-16)17-6-10-20(11-7-17)15-8-12-24-13-9-15/h2-5,15,17H,6-13H2,1H3. The molecule has 24 heavy (non-hydrogen) atoms. The maximum atomic E-state index is 13.2. The molecule has 1 amide bonds. The molecule has 0 radical (unpaired) electrons. The van der Waals surface area contributed by atoms with E-state index in [1.54, 1.807) is 17.0 Å². The fourth-order valence-electron chi connectivity index (χ4n) is 3.72. The molecule has 6 heteroatoms. The smallest absolute Gasteiger partial charge is 0.414 e. The molecule has 0 atom stereocenters. The molecule has 2 fully saturated rings. The number of methoxy groups -OCH3 is 1. The number of hydrogen-bond donors (Lipinski definition) is 0. The Morgan fingerprint density at radius 2 is 1.79 bits per heavy atom. The topological polar surface area (TPSA) is 42.0 Å². The fourth-order valence-corrected chi connectivity index (χ4v) is 3.72. The summed E-state index contributed by atoms with van der Waals surface area (Å²) in [6.07, 6.45) is 3.58. The van der Waals surface area contributed by atoms with Gasteiger partial charge in [0.05, 0.1) is 7.11 Å². The van der Waals surface area contributed by atoms with Crippen LogP contribution in [0.4, 0.5) is 14.9 Å². The van der Waals surface area contributed by atoms with Crippen molar-refractivity contribution in [2.45, 2.75) is 37.8 Å². The molecule has 132 valence electrons. The number of carbonyl (C=O) groups is 1. The van der Waals surface area contributed by atoms with Crippen molar-refractivity contribution in [1.82, 2.24) is 4.90 Å². The highest BCUT2D eigenvalue weighted by Gasteiger charge is 2.32. The van der Waals surface area contributed by atoms with Crippen LogP contribution in [0.3, 0.4) is 0 Å². The van der Waals surface area contributed by atoms with E-state index in [4.69, 9.17) is 9.47 Å². The summed E-state index contributed by atoms with van der Waals surface area (Å²) in [5.41, 5.74) is 0.688. The molecule has 2 heterocycles. The highest BCUT2D eigenvalue weighted by molar-refractivity contribution is 5.88. The van der Waals surface area contributed by atoms with Gasteiger partial charge in [-0.25, -0.2) is 9.18 Å². The Labute approximate surface area is 142 Å². The first-order chi connectivity index (χ1) is 11.7. The van der Waals surface area contributed by atoms with Gasteiger partial charge in [-0.05, 0) is 49.9 Å². The van der Waals surface area contributed by atoms with Gasteiger partial charge in [-0.1, -0.05) is 0 Å². The van der Waals surface area contributed by atoms with Gasteiger partial charge in [-0.2, -0.15) is 0 Å². The number of carbonyl (C=O) groups excluding carboxylic acids is 1. The quantitative estimate of drug-likeness (QED) is 0.851. The molecule has 5 nitrogen and oxygen atoms in total. The van der Waals surface area contributed by atoms with Gasteiger partial charge in [0.1, 0.15) is 5.82 Å². The molecule has 3 rings (SSSR count). The van der Waals surface area contributed by atoms with Crippen LogP contribution in [0.5, 0.6) is 0 Å². The maximum Gasteiger partial charge on any atom is 0.414 e. The van der Waals surface area contributed by atoms with Crippen molar-refractivity contribution in [3.63, 3.8) is 0 Å². The second-order valence-electron chi connectivity index (χ2n) is 6.43. The van der Waals surface area contributed by atoms with Crippen LogP contribution in [0.25, 0.3) is 0 Å². The molecule has 0 bridgehead atoms. The van der Waals surface area contributed by atoms with Crippen molar-refractivity contribution in [3.8, 4) is 0 Å². The van der Waals surface area contributed by atoms with Gasteiger partial charge in [0.2, 0.25) is 0 Å². The highest BCUT2D eigenvalue weighted by atomic mass is 19.1. The van der Waals surface area contributed by atoms with Gasteiger partial charge in [0.25, 0.3) is 0 Å². The van der Waals surface area contributed by atoms with Crippen molar-refractivity contribution in [2.24, 2.45) is 0 Å². The van der Waals surface area contributed by atoms with Crippen LogP contribution in [-0.2, 0) is 9.47 Å². The maximum absolute atomic E-state index is 13.2. The normalized spacial score (nSPS) is 20.8. The van der Waals surface area contributed by atoms with E-state index in [0.29, 0.717) is 11.7 Å². The summed E-state index contributed by atoms with van der Waals surface area (Å²) in [7, 11) is 1.38. The third-order valence-corrected chi connectivity index (χ3v) is 5.05. The minimum absolute atomic E-state index is 0.0824. The molecule has 0 aromatic heterocycles. The van der Waals surface area contributed by atoms with Gasteiger partial charge in [-0.3, -0.25) is 4.90 Å². The number of anilines is 1. The summed E-state index contributed by atoms with van der Waals surface area (Å²) in [5.74, 6) is -0.307. The van der Waals surface area contributed by atoms with E-state index in [1.165, 1.54) is 19.2 Å². The van der Waals surface area contributed by atoms with Crippen molar-refractivity contribution >= 4 is 11.8 Å². The molecule has 2 aliphatic rings. The molecule has 1 aromatic rings. The number of piperidine rings is 1. The average Bonchev–Trinajstić information content (AvgIpc) is 2.64. The number of rotatable bonds is 3. The first kappa shape index (κ1) is 17.2. The third kappa shape index (κ3) is 3.87. The van der Waals surface area contributed by atoms with Gasteiger partial charge in [0, 0.05) is 44.1 Å². The zero-order valence-electron chi connectivity index (χ0n) is 14.1. The molecule has 0 saturated carbocycles. The van der Waals surface area contributed by atoms with E-state index in [2.05, 4.69) is 4.90 Å². The fraction of sp³-hybridized carbons (Fsp3) is 0.611. The minimum atomic E-state index is -0.383. The van der Waals surface area contributed by atoms with Crippen molar-refractivity contribution in [3.05, 3.63) is 30.1 Å². The summed E-state index contributed by atoms with van der Waals surface area (Å²) < 4.78 is 23.6. The van der Waals surface area contributed by atoms with Crippen LogP contribution in [0.2, 0.25) is 0 Å². The van der Waals surface area contributed by atoms with Crippen LogP contribution < -0.4 is 4.90 Å². The van der Waals surface area contributed by atoms with Crippen LogP contribution in [-0.4, -0.2) is 56.5 Å². The van der Waals surface area contributed by atoms with Gasteiger partial charge in [0.15, 0.2) is 0 Å². The number of benzene rings is 1. The highest BCUT2D eigenvalue weighted by Crippen LogP contribution is 2.27. The zero-order valence-corrected chi connectivity index (χ0v) is 14.1.